The van der Waals surface area contributed by atoms with Crippen LogP contribution in [-0.2, 0) is 13.0 Å². The van der Waals surface area contributed by atoms with Crippen molar-refractivity contribution in [2.24, 2.45) is 0 Å². The van der Waals surface area contributed by atoms with Crippen LogP contribution in [0.1, 0.15) is 32.1 Å². The summed E-state index contributed by atoms with van der Waals surface area (Å²) in [4.78, 5) is 29.3. The van der Waals surface area contributed by atoms with Crippen LogP contribution in [0.15, 0.2) is 22.3 Å². The van der Waals surface area contributed by atoms with Gasteiger partial charge in [0, 0.05) is 25.2 Å². The van der Waals surface area contributed by atoms with Crippen LogP contribution >= 0.6 is 11.3 Å². The van der Waals surface area contributed by atoms with Crippen molar-refractivity contribution in [1.82, 2.24) is 9.88 Å². The van der Waals surface area contributed by atoms with Gasteiger partial charge in [-0.25, -0.2) is 0 Å². The van der Waals surface area contributed by atoms with Crippen molar-refractivity contribution in [2.75, 3.05) is 6.54 Å². The molecule has 0 saturated carbocycles. The molecule has 1 amide bonds. The standard InChI is InChI=1S/C15H13N3O2S/c1-9-4-13(21-8-9)15(20)18-3-2-12-11(7-18)5-10(6-16)14(19)17-12/h4-5,8H,2-3,7H2,1H3,(H,17,19). The molecule has 21 heavy (non-hydrogen) atoms. The lowest BCUT2D eigenvalue weighted by Crippen LogP contribution is -2.37. The van der Waals surface area contributed by atoms with Gasteiger partial charge in [0.2, 0.25) is 0 Å². The van der Waals surface area contributed by atoms with Gasteiger partial charge in [-0.1, -0.05) is 0 Å². The largest absolute Gasteiger partial charge is 0.333 e. The summed E-state index contributed by atoms with van der Waals surface area (Å²) in [5.41, 5.74) is 2.49. The molecule has 3 rings (SSSR count). The average Bonchev–Trinajstić information content (AvgIpc) is 2.92. The van der Waals surface area contributed by atoms with Crippen LogP contribution in [0.5, 0.6) is 0 Å². The lowest BCUT2D eigenvalue weighted by atomic mass is 10.0. The molecule has 0 unspecified atom stereocenters. The predicted octanol–water partition coefficient (Wildman–Crippen LogP) is 1.81. The van der Waals surface area contributed by atoms with Crippen LogP contribution in [0, 0.1) is 18.3 Å². The van der Waals surface area contributed by atoms with E-state index in [0.29, 0.717) is 19.5 Å². The van der Waals surface area contributed by atoms with E-state index in [2.05, 4.69) is 4.98 Å². The molecular weight excluding hydrogens is 286 g/mol. The topological polar surface area (TPSA) is 77.0 Å². The maximum absolute atomic E-state index is 12.4. The van der Waals surface area contributed by atoms with E-state index in [4.69, 9.17) is 5.26 Å². The van der Waals surface area contributed by atoms with E-state index in [0.717, 1.165) is 21.7 Å². The van der Waals surface area contributed by atoms with Crippen molar-refractivity contribution in [3.8, 4) is 6.07 Å². The Hall–Kier alpha value is -2.39. The average molecular weight is 299 g/mol. The summed E-state index contributed by atoms with van der Waals surface area (Å²) in [6.45, 7) is 2.96. The highest BCUT2D eigenvalue weighted by molar-refractivity contribution is 7.12. The SMILES string of the molecule is Cc1csc(C(=O)N2CCc3[nH]c(=O)c(C#N)cc3C2)c1. The highest BCUT2D eigenvalue weighted by Gasteiger charge is 2.24. The number of nitrogens with zero attached hydrogens (tertiary/aromatic N) is 2. The highest BCUT2D eigenvalue weighted by atomic mass is 32.1. The van der Waals surface area contributed by atoms with Gasteiger partial charge in [0.25, 0.3) is 11.5 Å². The fourth-order valence-electron chi connectivity index (χ4n) is 2.46. The van der Waals surface area contributed by atoms with E-state index in [9.17, 15) is 9.59 Å². The Labute approximate surface area is 125 Å². The number of H-pyrrole nitrogens is 1. The number of amides is 1. The van der Waals surface area contributed by atoms with Crippen molar-refractivity contribution in [3.05, 3.63) is 55.1 Å². The van der Waals surface area contributed by atoms with Gasteiger partial charge in [0.15, 0.2) is 0 Å². The summed E-state index contributed by atoms with van der Waals surface area (Å²) in [7, 11) is 0. The number of carbonyl (C=O) groups is 1. The molecule has 0 saturated heterocycles. The molecule has 5 nitrogen and oxygen atoms in total. The van der Waals surface area contributed by atoms with Crippen molar-refractivity contribution in [1.29, 1.82) is 5.26 Å². The molecule has 0 radical (unpaired) electrons. The molecule has 0 fully saturated rings. The van der Waals surface area contributed by atoms with Crippen molar-refractivity contribution < 1.29 is 4.79 Å². The minimum atomic E-state index is -0.357. The highest BCUT2D eigenvalue weighted by Crippen LogP contribution is 2.21. The Bertz CT molecular complexity index is 813. The predicted molar refractivity (Wildman–Crippen MR) is 79.3 cm³/mol. The van der Waals surface area contributed by atoms with Crippen molar-refractivity contribution in [3.63, 3.8) is 0 Å². The fourth-order valence-corrected chi connectivity index (χ4v) is 3.33. The second-order valence-corrected chi connectivity index (χ2v) is 6.00. The number of pyridine rings is 1. The Balaban J connectivity index is 1.89. The molecule has 1 aliphatic heterocycles. The summed E-state index contributed by atoms with van der Waals surface area (Å²) in [6.07, 6.45) is 0.604. The van der Waals surface area contributed by atoms with Gasteiger partial charge in [-0.2, -0.15) is 5.26 Å². The van der Waals surface area contributed by atoms with Crippen molar-refractivity contribution in [2.45, 2.75) is 19.9 Å². The van der Waals surface area contributed by atoms with Crippen LogP contribution in [-0.4, -0.2) is 22.3 Å². The lowest BCUT2D eigenvalue weighted by Gasteiger charge is -2.28. The van der Waals surface area contributed by atoms with E-state index in [-0.39, 0.29) is 17.0 Å². The molecule has 2 aromatic heterocycles. The van der Waals surface area contributed by atoms with Crippen molar-refractivity contribution >= 4 is 17.2 Å². The minimum absolute atomic E-state index is 0.00320. The smallest absolute Gasteiger partial charge is 0.266 e. The summed E-state index contributed by atoms with van der Waals surface area (Å²) in [5, 5.41) is 10.9. The van der Waals surface area contributed by atoms with Crippen LogP contribution < -0.4 is 5.56 Å². The van der Waals surface area contributed by atoms with Gasteiger partial charge < -0.3 is 9.88 Å². The molecule has 2 aromatic rings. The number of aromatic nitrogens is 1. The number of fused-ring (bicyclic) bond motifs is 1. The number of nitrogens with one attached hydrogen (secondary N) is 1. The number of rotatable bonds is 1. The van der Waals surface area contributed by atoms with Gasteiger partial charge in [-0.05, 0) is 35.6 Å². The molecule has 0 atom stereocenters. The minimum Gasteiger partial charge on any atom is -0.333 e. The molecular formula is C15H13N3O2S. The number of thiophene rings is 1. The Morgan fingerprint density at radius 1 is 1.48 bits per heavy atom. The number of aryl methyl sites for hydroxylation is 1. The molecule has 0 aliphatic carbocycles. The molecule has 0 aromatic carbocycles. The van der Waals surface area contributed by atoms with E-state index in [1.807, 2.05) is 24.4 Å². The molecule has 0 spiro atoms. The zero-order valence-corrected chi connectivity index (χ0v) is 12.3. The molecule has 1 N–H and O–H groups in total. The zero-order valence-electron chi connectivity index (χ0n) is 11.5. The first-order valence-electron chi connectivity index (χ1n) is 6.58. The number of hydrogen-bond donors (Lipinski definition) is 1. The van der Waals surface area contributed by atoms with Gasteiger partial charge in [-0.15, -0.1) is 11.3 Å². The molecule has 1 aliphatic rings. The summed E-state index contributed by atoms with van der Waals surface area (Å²) < 4.78 is 0. The number of nitriles is 1. The van der Waals surface area contributed by atoms with Gasteiger partial charge in [-0.3, -0.25) is 9.59 Å². The Morgan fingerprint density at radius 3 is 2.95 bits per heavy atom. The third-order valence-corrected chi connectivity index (χ3v) is 4.59. The summed E-state index contributed by atoms with van der Waals surface area (Å²) in [5.74, 6) is 0.00320. The van der Waals surface area contributed by atoms with E-state index in [1.165, 1.54) is 11.3 Å². The zero-order chi connectivity index (χ0) is 15.0. The van der Waals surface area contributed by atoms with Crippen LogP contribution in [0.4, 0.5) is 0 Å². The second-order valence-electron chi connectivity index (χ2n) is 5.09. The maximum Gasteiger partial charge on any atom is 0.266 e. The van der Waals surface area contributed by atoms with Crippen LogP contribution in [0.25, 0.3) is 0 Å². The molecule has 3 heterocycles. The van der Waals surface area contributed by atoms with Crippen LogP contribution in [0.2, 0.25) is 0 Å². The third kappa shape index (κ3) is 2.48. The summed E-state index contributed by atoms with van der Waals surface area (Å²) >= 11 is 1.44. The van der Waals surface area contributed by atoms with E-state index < -0.39 is 0 Å². The second kappa shape index (κ2) is 5.19. The van der Waals surface area contributed by atoms with Gasteiger partial charge >= 0.3 is 0 Å². The fraction of sp³-hybridized carbons (Fsp3) is 0.267. The molecule has 0 bridgehead atoms. The molecule has 6 heteroatoms. The normalized spacial score (nSPS) is 13.6. The first-order chi connectivity index (χ1) is 10.1. The van der Waals surface area contributed by atoms with Gasteiger partial charge in [0.1, 0.15) is 11.6 Å². The van der Waals surface area contributed by atoms with Gasteiger partial charge in [0.05, 0.1) is 4.88 Å². The number of aromatic amines is 1. The first kappa shape index (κ1) is 13.6. The number of carbonyl (C=O) groups excluding carboxylic acids is 1. The third-order valence-electron chi connectivity index (χ3n) is 3.56. The maximum atomic E-state index is 12.4. The Morgan fingerprint density at radius 2 is 2.29 bits per heavy atom. The Kier molecular flexibility index (Phi) is 3.35. The molecule has 106 valence electrons. The van der Waals surface area contributed by atoms with Crippen LogP contribution in [0.3, 0.4) is 0 Å². The first-order valence-corrected chi connectivity index (χ1v) is 7.46. The lowest BCUT2D eigenvalue weighted by molar-refractivity contribution is 0.0738. The monoisotopic (exact) mass is 299 g/mol. The van der Waals surface area contributed by atoms with E-state index in [1.54, 1.807) is 11.0 Å². The van der Waals surface area contributed by atoms with E-state index >= 15 is 0 Å². The quantitative estimate of drug-likeness (QED) is 0.872. The number of hydrogen-bond acceptors (Lipinski definition) is 4. The summed E-state index contributed by atoms with van der Waals surface area (Å²) in [6, 6.07) is 5.35.